The fraction of sp³-hybridized carbons (Fsp3) is 0.381. The van der Waals surface area contributed by atoms with Gasteiger partial charge in [-0.3, -0.25) is 14.4 Å². The summed E-state index contributed by atoms with van der Waals surface area (Å²) >= 11 is 0. The van der Waals surface area contributed by atoms with E-state index in [1.807, 2.05) is 0 Å². The number of nitrogens with zero attached hydrogens (tertiary/aromatic N) is 2. The molecule has 2 aromatic rings. The molecule has 2 aliphatic rings. The molecule has 1 aromatic carbocycles. The quantitative estimate of drug-likeness (QED) is 0.740. The van der Waals surface area contributed by atoms with Gasteiger partial charge in [-0.05, 0) is 13.3 Å². The zero-order valence-corrected chi connectivity index (χ0v) is 17.2. The topological polar surface area (TPSA) is 101 Å². The number of nitrogens with one attached hydrogen (secondary N) is 1. The van der Waals surface area contributed by atoms with Crippen LogP contribution in [-0.4, -0.2) is 52.2 Å². The average molecular weight is 451 g/mol. The van der Waals surface area contributed by atoms with Gasteiger partial charge in [-0.1, -0.05) is 0 Å². The number of carbonyl (C=O) groups excluding carboxylic acids is 2. The van der Waals surface area contributed by atoms with Gasteiger partial charge < -0.3 is 24.6 Å². The summed E-state index contributed by atoms with van der Waals surface area (Å²) in [7, 11) is 1.55. The average Bonchev–Trinajstić information content (AvgIpc) is 2.72. The molecule has 1 aromatic heterocycles. The van der Waals surface area contributed by atoms with Crippen molar-refractivity contribution >= 4 is 11.8 Å². The number of pyridine rings is 1. The number of fused-ring (bicyclic) bond motifs is 3. The van der Waals surface area contributed by atoms with Gasteiger partial charge in [0.2, 0.25) is 5.43 Å². The maximum absolute atomic E-state index is 13.8. The number of aromatic hydroxyl groups is 1. The zero-order chi connectivity index (χ0) is 23.3. The minimum atomic E-state index is -1.19. The van der Waals surface area contributed by atoms with Crippen molar-refractivity contribution in [2.45, 2.75) is 38.1 Å². The molecular weight excluding hydrogens is 431 g/mol. The molecule has 3 heterocycles. The Balaban J connectivity index is 1.70. The molecule has 4 rings (SSSR count). The lowest BCUT2D eigenvalue weighted by Gasteiger charge is -2.47. The highest BCUT2D eigenvalue weighted by molar-refractivity contribution is 5.99. The summed E-state index contributed by atoms with van der Waals surface area (Å²) in [4.78, 5) is 39.5. The number of aromatic nitrogens is 1. The first-order valence-corrected chi connectivity index (χ1v) is 9.90. The minimum Gasteiger partial charge on any atom is -0.503 e. The number of likely N-dealkylation sites (N-methyl/N-ethyl adjacent to an activating group) is 1. The molecule has 32 heavy (non-hydrogen) atoms. The first-order valence-electron chi connectivity index (χ1n) is 9.90. The van der Waals surface area contributed by atoms with Crippen LogP contribution in [0.4, 0.5) is 13.2 Å². The zero-order valence-electron chi connectivity index (χ0n) is 17.2. The summed E-state index contributed by atoms with van der Waals surface area (Å²) in [5.74, 6) is -5.98. The van der Waals surface area contributed by atoms with E-state index in [-0.39, 0.29) is 23.9 Å². The third kappa shape index (κ3) is 3.42. The predicted molar refractivity (Wildman–Crippen MR) is 105 cm³/mol. The van der Waals surface area contributed by atoms with Gasteiger partial charge >= 0.3 is 0 Å². The largest absolute Gasteiger partial charge is 0.503 e. The van der Waals surface area contributed by atoms with E-state index in [0.29, 0.717) is 25.2 Å². The fourth-order valence-corrected chi connectivity index (χ4v) is 4.40. The van der Waals surface area contributed by atoms with Gasteiger partial charge in [0.1, 0.15) is 23.0 Å². The van der Waals surface area contributed by atoms with Gasteiger partial charge in [0.05, 0.1) is 18.2 Å². The van der Waals surface area contributed by atoms with Gasteiger partial charge in [0, 0.05) is 44.1 Å². The fourth-order valence-electron chi connectivity index (χ4n) is 4.40. The molecule has 0 saturated carbocycles. The Morgan fingerprint density at radius 2 is 1.91 bits per heavy atom. The molecule has 2 N–H and O–H groups in total. The summed E-state index contributed by atoms with van der Waals surface area (Å²) in [6.07, 6.45) is 1.32. The van der Waals surface area contributed by atoms with Gasteiger partial charge in [-0.2, -0.15) is 0 Å². The van der Waals surface area contributed by atoms with Crippen LogP contribution in [0.1, 0.15) is 45.8 Å². The van der Waals surface area contributed by atoms with E-state index < -0.39 is 58.1 Å². The number of benzene rings is 1. The molecule has 8 nitrogen and oxygen atoms in total. The lowest BCUT2D eigenvalue weighted by Crippen LogP contribution is -2.57. The van der Waals surface area contributed by atoms with Crippen LogP contribution in [0, 0.1) is 17.5 Å². The number of carbonyl (C=O) groups is 2. The number of amides is 2. The normalized spacial score (nSPS) is 22.3. The number of ether oxygens (including phenoxy) is 1. The number of hydrogen-bond acceptors (Lipinski definition) is 5. The summed E-state index contributed by atoms with van der Waals surface area (Å²) in [6.45, 7) is 1.52. The van der Waals surface area contributed by atoms with Gasteiger partial charge in [0.15, 0.2) is 11.4 Å². The summed E-state index contributed by atoms with van der Waals surface area (Å²) in [6, 6.07) is 0.197. The second kappa shape index (κ2) is 7.97. The highest BCUT2D eigenvalue weighted by atomic mass is 19.1. The van der Waals surface area contributed by atoms with E-state index in [2.05, 4.69) is 5.32 Å². The van der Waals surface area contributed by atoms with Gasteiger partial charge in [-0.25, -0.2) is 13.2 Å². The number of halogens is 3. The molecule has 3 atom stereocenters. The van der Waals surface area contributed by atoms with Crippen LogP contribution in [-0.2, 0) is 11.3 Å². The molecule has 0 radical (unpaired) electrons. The van der Waals surface area contributed by atoms with E-state index in [1.54, 1.807) is 14.0 Å². The third-order valence-electron chi connectivity index (χ3n) is 5.98. The number of hydrogen-bond donors (Lipinski definition) is 2. The second-order valence-corrected chi connectivity index (χ2v) is 7.85. The van der Waals surface area contributed by atoms with E-state index in [1.165, 1.54) is 15.7 Å². The van der Waals surface area contributed by atoms with Crippen molar-refractivity contribution in [3.05, 3.63) is 62.8 Å². The molecule has 1 fully saturated rings. The van der Waals surface area contributed by atoms with Crippen molar-refractivity contribution < 1.29 is 32.6 Å². The molecule has 2 aliphatic heterocycles. The maximum Gasteiger partial charge on any atom is 0.274 e. The molecule has 11 heteroatoms. The van der Waals surface area contributed by atoms with Crippen molar-refractivity contribution in [3.63, 3.8) is 0 Å². The minimum absolute atomic E-state index is 0.236. The Labute approximate surface area is 180 Å². The van der Waals surface area contributed by atoms with E-state index >= 15 is 0 Å². The van der Waals surface area contributed by atoms with Crippen LogP contribution in [0.15, 0.2) is 23.1 Å². The Kier molecular flexibility index (Phi) is 5.45. The first kappa shape index (κ1) is 21.9. The van der Waals surface area contributed by atoms with Gasteiger partial charge in [0.25, 0.3) is 11.8 Å². The maximum atomic E-state index is 13.8. The first-order chi connectivity index (χ1) is 15.1. The van der Waals surface area contributed by atoms with Crippen LogP contribution in [0.25, 0.3) is 0 Å². The smallest absolute Gasteiger partial charge is 0.274 e. The van der Waals surface area contributed by atoms with Crippen LogP contribution in [0.2, 0.25) is 0 Å². The van der Waals surface area contributed by atoms with Gasteiger partial charge in [-0.15, -0.1) is 0 Å². The van der Waals surface area contributed by atoms with E-state index in [0.717, 1.165) is 0 Å². The summed E-state index contributed by atoms with van der Waals surface area (Å²) < 4.78 is 47.8. The van der Waals surface area contributed by atoms with Crippen molar-refractivity contribution in [2.24, 2.45) is 0 Å². The Morgan fingerprint density at radius 3 is 2.56 bits per heavy atom. The Hall–Kier alpha value is -3.34. The lowest BCUT2D eigenvalue weighted by molar-refractivity contribution is -0.0598. The van der Waals surface area contributed by atoms with Crippen molar-refractivity contribution in [3.8, 4) is 5.75 Å². The van der Waals surface area contributed by atoms with Crippen molar-refractivity contribution in [1.82, 2.24) is 14.8 Å². The van der Waals surface area contributed by atoms with Crippen molar-refractivity contribution in [2.75, 3.05) is 13.7 Å². The standard InChI is InChI=1S/C21H20F3N3O5/c1-9-16-15(3-4-32-9)27-8-12(18(28)19(29)17(27)21(31)26(16)2)20(30)25-7-11-13(23)5-10(22)6-14(11)24/h5-6,8-9,15-16,29H,3-4,7H2,1-2H3,(H,25,30)/t9-,15?,16?/m0/s1. The summed E-state index contributed by atoms with van der Waals surface area (Å²) in [5, 5.41) is 12.7. The molecule has 0 aliphatic carbocycles. The monoisotopic (exact) mass is 451 g/mol. The van der Waals surface area contributed by atoms with E-state index in [4.69, 9.17) is 4.74 Å². The van der Waals surface area contributed by atoms with Crippen LogP contribution in [0.5, 0.6) is 5.75 Å². The third-order valence-corrected chi connectivity index (χ3v) is 5.98. The van der Waals surface area contributed by atoms with Crippen LogP contribution >= 0.6 is 0 Å². The van der Waals surface area contributed by atoms with Crippen LogP contribution < -0.4 is 10.7 Å². The molecule has 2 unspecified atom stereocenters. The second-order valence-electron chi connectivity index (χ2n) is 7.85. The predicted octanol–water partition coefficient (Wildman–Crippen LogP) is 1.71. The molecule has 0 spiro atoms. The summed E-state index contributed by atoms with van der Waals surface area (Å²) in [5.41, 5.74) is -2.41. The SMILES string of the molecule is C[C@@H]1OCCC2C1N(C)C(=O)c1c(O)c(=O)c(C(=O)NCc3c(F)cc(F)cc3F)cn12. The number of rotatable bonds is 3. The lowest BCUT2D eigenvalue weighted by atomic mass is 9.92. The Bertz CT molecular complexity index is 1160. The molecule has 0 bridgehead atoms. The van der Waals surface area contributed by atoms with Crippen LogP contribution in [0.3, 0.4) is 0 Å². The highest BCUT2D eigenvalue weighted by Crippen LogP contribution is 2.36. The molecule has 170 valence electrons. The van der Waals surface area contributed by atoms with E-state index in [9.17, 15) is 32.7 Å². The Morgan fingerprint density at radius 1 is 1.25 bits per heavy atom. The highest BCUT2D eigenvalue weighted by Gasteiger charge is 2.45. The molecular formula is C21H20F3N3O5. The molecule has 1 saturated heterocycles. The van der Waals surface area contributed by atoms with Crippen molar-refractivity contribution in [1.29, 1.82) is 0 Å². The molecule has 2 amide bonds.